The Morgan fingerprint density at radius 2 is 2.35 bits per heavy atom. The van der Waals surface area contributed by atoms with Gasteiger partial charge in [-0.3, -0.25) is 4.79 Å². The van der Waals surface area contributed by atoms with Crippen molar-refractivity contribution < 1.29 is 14.3 Å². The van der Waals surface area contributed by atoms with Crippen molar-refractivity contribution >= 4 is 17.3 Å². The highest BCUT2D eigenvalue weighted by Crippen LogP contribution is 2.33. The smallest absolute Gasteiger partial charge is 0.254 e. The summed E-state index contributed by atoms with van der Waals surface area (Å²) < 4.78 is 11.0. The molecule has 3 rings (SSSR count). The average molecular weight is 277 g/mol. The molecule has 0 aromatic heterocycles. The van der Waals surface area contributed by atoms with E-state index in [0.29, 0.717) is 19.8 Å². The molecule has 20 heavy (non-hydrogen) atoms. The van der Waals surface area contributed by atoms with Crippen LogP contribution in [0.1, 0.15) is 0 Å². The van der Waals surface area contributed by atoms with Crippen LogP contribution in [-0.4, -0.2) is 51.9 Å². The number of nitrogens with zero attached hydrogens (tertiary/aromatic N) is 1. The Kier molecular flexibility index (Phi) is 3.75. The number of hydrogen-bond donors (Lipinski definition) is 2. The molecule has 1 atom stereocenters. The number of hydrogen-bond acceptors (Lipinski definition) is 5. The Morgan fingerprint density at radius 3 is 3.15 bits per heavy atom. The summed E-state index contributed by atoms with van der Waals surface area (Å²) >= 11 is 0. The Bertz CT molecular complexity index is 500. The van der Waals surface area contributed by atoms with Gasteiger partial charge >= 0.3 is 0 Å². The second-order valence-corrected chi connectivity index (χ2v) is 5.01. The number of rotatable bonds is 2. The van der Waals surface area contributed by atoms with Gasteiger partial charge in [0.05, 0.1) is 18.8 Å². The van der Waals surface area contributed by atoms with Gasteiger partial charge in [0.2, 0.25) is 0 Å². The number of fused-ring (bicyclic) bond motifs is 1. The molecule has 0 saturated carbocycles. The largest absolute Gasteiger partial charge is 0.490 e. The summed E-state index contributed by atoms with van der Waals surface area (Å²) in [4.78, 5) is 14.2. The lowest BCUT2D eigenvalue weighted by molar-refractivity contribution is -0.128. The van der Waals surface area contributed by atoms with Crippen molar-refractivity contribution in [1.29, 1.82) is 0 Å². The second kappa shape index (κ2) is 5.68. The molecule has 1 saturated heterocycles. The molecule has 0 aliphatic carbocycles. The van der Waals surface area contributed by atoms with E-state index >= 15 is 0 Å². The van der Waals surface area contributed by atoms with Crippen LogP contribution in [0.25, 0.3) is 0 Å². The number of likely N-dealkylation sites (N-methyl/N-ethyl adjacent to an activating group) is 1. The number of carbonyl (C=O) groups excluding carboxylic acids is 1. The molecule has 1 fully saturated rings. The van der Waals surface area contributed by atoms with Crippen molar-refractivity contribution in [1.82, 2.24) is 5.32 Å². The summed E-state index contributed by atoms with van der Waals surface area (Å²) in [7, 11) is 2.02. The molecule has 0 spiro atoms. The maximum absolute atomic E-state index is 12.1. The van der Waals surface area contributed by atoms with E-state index in [1.807, 2.05) is 25.2 Å². The first-order valence-electron chi connectivity index (χ1n) is 6.85. The molecular weight excluding hydrogens is 258 g/mol. The zero-order valence-electron chi connectivity index (χ0n) is 11.5. The monoisotopic (exact) mass is 277 g/mol. The molecule has 6 nitrogen and oxygen atoms in total. The average Bonchev–Trinajstić information content (AvgIpc) is 2.49. The number of nitrogens with one attached hydrogen (secondary N) is 2. The van der Waals surface area contributed by atoms with Crippen LogP contribution in [0.2, 0.25) is 0 Å². The van der Waals surface area contributed by atoms with Crippen LogP contribution >= 0.6 is 0 Å². The summed E-state index contributed by atoms with van der Waals surface area (Å²) in [6.07, 6.45) is -0.422. The zero-order chi connectivity index (χ0) is 13.9. The second-order valence-electron chi connectivity index (χ2n) is 5.01. The summed E-state index contributed by atoms with van der Waals surface area (Å²) in [5, 5.41) is 6.04. The van der Waals surface area contributed by atoms with E-state index in [2.05, 4.69) is 15.5 Å². The van der Waals surface area contributed by atoms with Crippen molar-refractivity contribution in [3.05, 3.63) is 18.2 Å². The van der Waals surface area contributed by atoms with Crippen LogP contribution in [0.3, 0.4) is 0 Å². The Balaban J connectivity index is 1.71. The zero-order valence-corrected chi connectivity index (χ0v) is 11.5. The fourth-order valence-electron chi connectivity index (χ4n) is 2.39. The van der Waals surface area contributed by atoms with Crippen LogP contribution in [0.15, 0.2) is 18.2 Å². The number of benzene rings is 1. The van der Waals surface area contributed by atoms with E-state index in [4.69, 9.17) is 9.47 Å². The SMILES string of the molecule is CN1CCOc2ccc(NC(=O)C3CNCCO3)cc21. The number of morpholine rings is 1. The summed E-state index contributed by atoms with van der Waals surface area (Å²) in [6, 6.07) is 5.68. The molecule has 6 heteroatoms. The van der Waals surface area contributed by atoms with E-state index < -0.39 is 6.10 Å². The van der Waals surface area contributed by atoms with Gasteiger partial charge in [-0.05, 0) is 18.2 Å². The Morgan fingerprint density at radius 1 is 1.45 bits per heavy atom. The van der Waals surface area contributed by atoms with Gasteiger partial charge in [-0.15, -0.1) is 0 Å². The van der Waals surface area contributed by atoms with Gasteiger partial charge in [-0.1, -0.05) is 0 Å². The van der Waals surface area contributed by atoms with Gasteiger partial charge in [0, 0.05) is 25.8 Å². The molecule has 0 radical (unpaired) electrons. The molecule has 1 aromatic carbocycles. The molecule has 2 aliphatic rings. The number of anilines is 2. The van der Waals surface area contributed by atoms with E-state index in [-0.39, 0.29) is 5.91 Å². The highest BCUT2D eigenvalue weighted by atomic mass is 16.5. The van der Waals surface area contributed by atoms with Gasteiger partial charge in [0.25, 0.3) is 5.91 Å². The van der Waals surface area contributed by atoms with E-state index in [0.717, 1.165) is 30.2 Å². The number of amides is 1. The van der Waals surface area contributed by atoms with Gasteiger partial charge in [0.1, 0.15) is 18.5 Å². The minimum atomic E-state index is -0.422. The third kappa shape index (κ3) is 2.71. The quantitative estimate of drug-likeness (QED) is 0.821. The third-order valence-electron chi connectivity index (χ3n) is 3.54. The van der Waals surface area contributed by atoms with Crippen molar-refractivity contribution in [3.8, 4) is 5.75 Å². The highest BCUT2D eigenvalue weighted by Gasteiger charge is 2.22. The van der Waals surface area contributed by atoms with Gasteiger partial charge in [-0.2, -0.15) is 0 Å². The summed E-state index contributed by atoms with van der Waals surface area (Å²) in [6.45, 7) is 3.46. The van der Waals surface area contributed by atoms with Crippen LogP contribution in [-0.2, 0) is 9.53 Å². The molecule has 1 aromatic rings. The minimum Gasteiger partial charge on any atom is -0.490 e. The molecule has 2 aliphatic heterocycles. The maximum atomic E-state index is 12.1. The lowest BCUT2D eigenvalue weighted by atomic mass is 10.2. The molecule has 1 amide bonds. The molecule has 2 heterocycles. The van der Waals surface area contributed by atoms with Crippen molar-refractivity contribution in [3.63, 3.8) is 0 Å². The van der Waals surface area contributed by atoms with E-state index in [9.17, 15) is 4.79 Å². The third-order valence-corrected chi connectivity index (χ3v) is 3.54. The van der Waals surface area contributed by atoms with Crippen LogP contribution in [0.4, 0.5) is 11.4 Å². The van der Waals surface area contributed by atoms with E-state index in [1.165, 1.54) is 0 Å². The predicted molar refractivity (Wildman–Crippen MR) is 76.4 cm³/mol. The van der Waals surface area contributed by atoms with E-state index in [1.54, 1.807) is 0 Å². The van der Waals surface area contributed by atoms with Crippen LogP contribution in [0.5, 0.6) is 5.75 Å². The normalized spacial score (nSPS) is 21.9. The Labute approximate surface area is 118 Å². The first-order valence-corrected chi connectivity index (χ1v) is 6.85. The minimum absolute atomic E-state index is 0.114. The van der Waals surface area contributed by atoms with Gasteiger partial charge in [-0.25, -0.2) is 0 Å². The van der Waals surface area contributed by atoms with Crippen molar-refractivity contribution in [2.45, 2.75) is 6.10 Å². The van der Waals surface area contributed by atoms with Crippen molar-refractivity contribution in [2.75, 3.05) is 50.1 Å². The maximum Gasteiger partial charge on any atom is 0.254 e. The first-order chi connectivity index (χ1) is 9.74. The topological polar surface area (TPSA) is 62.8 Å². The molecule has 0 bridgehead atoms. The standard InChI is InChI=1S/C14H19N3O3/c1-17-5-7-20-12-3-2-10(8-11(12)17)16-14(18)13-9-15-4-6-19-13/h2-3,8,13,15H,4-7,9H2,1H3,(H,16,18). The molecular formula is C14H19N3O3. The van der Waals surface area contributed by atoms with Gasteiger partial charge in [0.15, 0.2) is 0 Å². The van der Waals surface area contributed by atoms with Gasteiger partial charge < -0.3 is 25.0 Å². The Hall–Kier alpha value is -1.79. The summed E-state index contributed by atoms with van der Waals surface area (Å²) in [5.41, 5.74) is 1.76. The first kappa shape index (κ1) is 13.2. The highest BCUT2D eigenvalue weighted by molar-refractivity contribution is 5.95. The lowest BCUT2D eigenvalue weighted by Crippen LogP contribution is -2.45. The molecule has 2 N–H and O–H groups in total. The molecule has 1 unspecified atom stereocenters. The fourth-order valence-corrected chi connectivity index (χ4v) is 2.39. The predicted octanol–water partition coefficient (Wildman–Crippen LogP) is 0.442. The van der Waals surface area contributed by atoms with Crippen LogP contribution < -0.4 is 20.3 Å². The van der Waals surface area contributed by atoms with Crippen molar-refractivity contribution in [2.24, 2.45) is 0 Å². The molecule has 108 valence electrons. The lowest BCUT2D eigenvalue weighted by Gasteiger charge is -2.28. The van der Waals surface area contributed by atoms with Crippen LogP contribution in [0, 0.1) is 0 Å². The number of ether oxygens (including phenoxy) is 2. The summed E-state index contributed by atoms with van der Waals surface area (Å²) in [5.74, 6) is 0.740. The number of carbonyl (C=O) groups is 1. The fraction of sp³-hybridized carbons (Fsp3) is 0.500.